The van der Waals surface area contributed by atoms with E-state index in [0.717, 1.165) is 30.5 Å². The molecule has 2 rings (SSSR count). The number of piperidine rings is 1. The normalized spacial score (nSPS) is 22.5. The summed E-state index contributed by atoms with van der Waals surface area (Å²) in [5.74, 6) is 0.738. The molecule has 1 heterocycles. The molecule has 1 aliphatic rings. The molecule has 1 fully saturated rings. The van der Waals surface area contributed by atoms with Gasteiger partial charge in [0.05, 0.1) is 12.6 Å². The molecule has 3 N–H and O–H groups in total. The Morgan fingerprint density at radius 1 is 1.45 bits per heavy atom. The number of rotatable bonds is 5. The number of carbonyl (C=O) groups is 1. The molecule has 20 heavy (non-hydrogen) atoms. The second kappa shape index (κ2) is 7.41. The molecule has 1 aromatic carbocycles. The van der Waals surface area contributed by atoms with Gasteiger partial charge in [-0.25, -0.2) is 0 Å². The summed E-state index contributed by atoms with van der Waals surface area (Å²) in [7, 11) is 0. The Balaban J connectivity index is 1.85. The van der Waals surface area contributed by atoms with Crippen molar-refractivity contribution in [2.45, 2.75) is 45.4 Å². The zero-order chi connectivity index (χ0) is 14.4. The van der Waals surface area contributed by atoms with Crippen molar-refractivity contribution in [3.8, 4) is 0 Å². The quantitative estimate of drug-likeness (QED) is 0.765. The van der Waals surface area contributed by atoms with E-state index in [1.807, 2.05) is 24.3 Å². The maximum Gasteiger partial charge on any atom is 0.237 e. The molecule has 1 aromatic rings. The number of aliphatic hydroxyl groups is 1. The highest BCUT2D eigenvalue weighted by atomic mass is 16.3. The summed E-state index contributed by atoms with van der Waals surface area (Å²) in [6.07, 6.45) is 3.24. The maximum absolute atomic E-state index is 12.2. The highest BCUT2D eigenvalue weighted by Gasteiger charge is 2.25. The fourth-order valence-electron chi connectivity index (χ4n) is 2.72. The molecule has 2 unspecified atom stereocenters. The van der Waals surface area contributed by atoms with Crippen LogP contribution in [0.5, 0.6) is 0 Å². The van der Waals surface area contributed by atoms with Crippen LogP contribution in [0.1, 0.15) is 37.3 Å². The SMILES string of the molecule is CCC1CCNC(C(=O)NCc2cccc(CO)c2)C1. The van der Waals surface area contributed by atoms with Crippen LogP contribution in [0.3, 0.4) is 0 Å². The molecule has 4 nitrogen and oxygen atoms in total. The first kappa shape index (κ1) is 15.0. The molecule has 1 aliphatic heterocycles. The average molecular weight is 276 g/mol. The number of amides is 1. The first-order valence-electron chi connectivity index (χ1n) is 7.42. The monoisotopic (exact) mass is 276 g/mol. The summed E-state index contributed by atoms with van der Waals surface area (Å²) in [5.41, 5.74) is 1.89. The molecular formula is C16H24N2O2. The Morgan fingerprint density at radius 3 is 3.00 bits per heavy atom. The van der Waals surface area contributed by atoms with E-state index >= 15 is 0 Å². The second-order valence-corrected chi connectivity index (χ2v) is 5.50. The largest absolute Gasteiger partial charge is 0.392 e. The van der Waals surface area contributed by atoms with E-state index in [2.05, 4.69) is 17.6 Å². The number of benzene rings is 1. The lowest BCUT2D eigenvalue weighted by molar-refractivity contribution is -0.124. The van der Waals surface area contributed by atoms with E-state index in [9.17, 15) is 4.79 Å². The lowest BCUT2D eigenvalue weighted by Gasteiger charge is -2.28. The average Bonchev–Trinajstić information content (AvgIpc) is 2.52. The van der Waals surface area contributed by atoms with E-state index in [1.165, 1.54) is 6.42 Å². The molecule has 110 valence electrons. The minimum Gasteiger partial charge on any atom is -0.392 e. The molecule has 1 amide bonds. The van der Waals surface area contributed by atoms with Crippen LogP contribution >= 0.6 is 0 Å². The van der Waals surface area contributed by atoms with Crippen molar-refractivity contribution in [2.24, 2.45) is 5.92 Å². The number of hydrogen-bond acceptors (Lipinski definition) is 3. The minimum absolute atomic E-state index is 0.0319. The smallest absolute Gasteiger partial charge is 0.237 e. The highest BCUT2D eigenvalue weighted by Crippen LogP contribution is 2.19. The van der Waals surface area contributed by atoms with Gasteiger partial charge in [-0.05, 0) is 36.4 Å². The predicted octanol–water partition coefficient (Wildman–Crippen LogP) is 1.57. The van der Waals surface area contributed by atoms with Gasteiger partial charge in [0, 0.05) is 6.54 Å². The molecule has 1 saturated heterocycles. The van der Waals surface area contributed by atoms with E-state index in [-0.39, 0.29) is 18.6 Å². The second-order valence-electron chi connectivity index (χ2n) is 5.50. The van der Waals surface area contributed by atoms with Crippen molar-refractivity contribution >= 4 is 5.91 Å². The van der Waals surface area contributed by atoms with Gasteiger partial charge in [0.2, 0.25) is 5.91 Å². The van der Waals surface area contributed by atoms with Crippen molar-refractivity contribution in [3.63, 3.8) is 0 Å². The van der Waals surface area contributed by atoms with Crippen LogP contribution in [0, 0.1) is 5.92 Å². The Labute approximate surface area is 120 Å². The molecule has 0 aromatic heterocycles. The Hall–Kier alpha value is -1.39. The molecule has 0 bridgehead atoms. The Morgan fingerprint density at radius 2 is 2.25 bits per heavy atom. The third-order valence-corrected chi connectivity index (χ3v) is 4.05. The van der Waals surface area contributed by atoms with Gasteiger partial charge in [0.1, 0.15) is 0 Å². The summed E-state index contributed by atoms with van der Waals surface area (Å²) < 4.78 is 0. The summed E-state index contributed by atoms with van der Waals surface area (Å²) in [4.78, 5) is 12.2. The van der Waals surface area contributed by atoms with Crippen LogP contribution in [0.15, 0.2) is 24.3 Å². The van der Waals surface area contributed by atoms with E-state index in [4.69, 9.17) is 5.11 Å². The van der Waals surface area contributed by atoms with Crippen LogP contribution in [-0.4, -0.2) is 23.6 Å². The molecule has 0 spiro atoms. The number of nitrogens with one attached hydrogen (secondary N) is 2. The van der Waals surface area contributed by atoms with Gasteiger partial charge in [0.25, 0.3) is 0 Å². The molecular weight excluding hydrogens is 252 g/mol. The summed E-state index contributed by atoms with van der Waals surface area (Å²) in [5, 5.41) is 15.4. The molecule has 4 heteroatoms. The Bertz CT molecular complexity index is 448. The number of carbonyl (C=O) groups excluding carboxylic acids is 1. The first-order chi connectivity index (χ1) is 9.72. The summed E-state index contributed by atoms with van der Waals surface area (Å²) in [6.45, 7) is 3.66. The van der Waals surface area contributed by atoms with Crippen LogP contribution < -0.4 is 10.6 Å². The van der Waals surface area contributed by atoms with Gasteiger partial charge in [-0.2, -0.15) is 0 Å². The lowest BCUT2D eigenvalue weighted by Crippen LogP contribution is -2.48. The standard InChI is InChI=1S/C16H24N2O2/c1-2-12-6-7-17-15(9-12)16(20)18-10-13-4-3-5-14(8-13)11-19/h3-5,8,12,15,17,19H,2,6-7,9-11H2,1H3,(H,18,20). The molecule has 0 radical (unpaired) electrons. The van der Waals surface area contributed by atoms with Crippen LogP contribution in [0.2, 0.25) is 0 Å². The van der Waals surface area contributed by atoms with Gasteiger partial charge in [-0.15, -0.1) is 0 Å². The highest BCUT2D eigenvalue weighted by molar-refractivity contribution is 5.81. The van der Waals surface area contributed by atoms with Crippen molar-refractivity contribution in [2.75, 3.05) is 6.54 Å². The first-order valence-corrected chi connectivity index (χ1v) is 7.42. The third-order valence-electron chi connectivity index (χ3n) is 4.05. The van der Waals surface area contributed by atoms with Crippen molar-refractivity contribution in [3.05, 3.63) is 35.4 Å². The van der Waals surface area contributed by atoms with E-state index < -0.39 is 0 Å². The van der Waals surface area contributed by atoms with Crippen molar-refractivity contribution < 1.29 is 9.90 Å². The lowest BCUT2D eigenvalue weighted by atomic mass is 9.90. The third kappa shape index (κ3) is 4.05. The van der Waals surface area contributed by atoms with Gasteiger partial charge in [0.15, 0.2) is 0 Å². The zero-order valence-electron chi connectivity index (χ0n) is 12.1. The zero-order valence-corrected chi connectivity index (χ0v) is 12.1. The number of aliphatic hydroxyl groups excluding tert-OH is 1. The van der Waals surface area contributed by atoms with Gasteiger partial charge in [-0.3, -0.25) is 4.79 Å². The summed E-state index contributed by atoms with van der Waals surface area (Å²) in [6, 6.07) is 7.60. The fourth-order valence-corrected chi connectivity index (χ4v) is 2.72. The van der Waals surface area contributed by atoms with Gasteiger partial charge < -0.3 is 15.7 Å². The molecule has 0 aliphatic carbocycles. The van der Waals surface area contributed by atoms with Gasteiger partial charge >= 0.3 is 0 Å². The predicted molar refractivity (Wildman–Crippen MR) is 79.0 cm³/mol. The minimum atomic E-state index is -0.0604. The van der Waals surface area contributed by atoms with Crippen LogP contribution in [0.25, 0.3) is 0 Å². The van der Waals surface area contributed by atoms with Crippen LogP contribution in [-0.2, 0) is 17.9 Å². The molecule has 2 atom stereocenters. The van der Waals surface area contributed by atoms with Crippen molar-refractivity contribution in [1.82, 2.24) is 10.6 Å². The van der Waals surface area contributed by atoms with E-state index in [0.29, 0.717) is 12.5 Å². The molecule has 0 saturated carbocycles. The van der Waals surface area contributed by atoms with Gasteiger partial charge in [-0.1, -0.05) is 37.6 Å². The van der Waals surface area contributed by atoms with Crippen LogP contribution in [0.4, 0.5) is 0 Å². The van der Waals surface area contributed by atoms with Crippen molar-refractivity contribution in [1.29, 1.82) is 0 Å². The maximum atomic E-state index is 12.2. The fraction of sp³-hybridized carbons (Fsp3) is 0.562. The number of hydrogen-bond donors (Lipinski definition) is 3. The summed E-state index contributed by atoms with van der Waals surface area (Å²) >= 11 is 0. The topological polar surface area (TPSA) is 61.4 Å². The van der Waals surface area contributed by atoms with E-state index in [1.54, 1.807) is 0 Å². The Kier molecular flexibility index (Phi) is 5.56.